The number of hydrogen-bond donors (Lipinski definition) is 0. The van der Waals surface area contributed by atoms with Gasteiger partial charge in [0.15, 0.2) is 0 Å². The van der Waals surface area contributed by atoms with E-state index in [0.29, 0.717) is 0 Å². The number of carbonyl (C=O) groups is 4. The molecule has 4 aliphatic heterocycles. The molecule has 6 atom stereocenters. The largest absolute Gasteiger partial charge is 0.284 e. The first-order chi connectivity index (χ1) is 14.4. The lowest BCUT2D eigenvalue weighted by molar-refractivity contribution is -0.151. The van der Waals surface area contributed by atoms with Crippen molar-refractivity contribution in [1.29, 1.82) is 0 Å². The highest BCUT2D eigenvalue weighted by Gasteiger charge is 2.73. The Labute approximate surface area is 180 Å². The second-order valence-electron chi connectivity index (χ2n) is 8.09. The van der Waals surface area contributed by atoms with Gasteiger partial charge in [-0.15, -0.1) is 22.7 Å². The highest BCUT2D eigenvalue weighted by atomic mass is 32.1. The lowest BCUT2D eigenvalue weighted by Crippen LogP contribution is -2.48. The van der Waals surface area contributed by atoms with E-state index < -0.39 is 36.0 Å². The summed E-state index contributed by atoms with van der Waals surface area (Å²) in [7, 11) is 3.03. The van der Waals surface area contributed by atoms with Crippen LogP contribution in [0.4, 0.5) is 0 Å². The van der Waals surface area contributed by atoms with Gasteiger partial charge in [-0.25, -0.2) is 10.0 Å². The van der Waals surface area contributed by atoms with Crippen LogP contribution in [0, 0.1) is 11.8 Å². The number of fused-ring (bicyclic) bond motifs is 5. The van der Waals surface area contributed by atoms with Crippen LogP contribution in [0.25, 0.3) is 0 Å². The summed E-state index contributed by atoms with van der Waals surface area (Å²) in [6.07, 6.45) is 0. The van der Waals surface area contributed by atoms with Crippen LogP contribution in [0.3, 0.4) is 0 Å². The molecule has 8 nitrogen and oxygen atoms in total. The minimum atomic E-state index is -0.710. The molecule has 30 heavy (non-hydrogen) atoms. The fourth-order valence-corrected chi connectivity index (χ4v) is 7.32. The van der Waals surface area contributed by atoms with Crippen molar-refractivity contribution in [1.82, 2.24) is 19.8 Å². The van der Waals surface area contributed by atoms with Gasteiger partial charge in [0.05, 0.1) is 23.9 Å². The maximum Gasteiger partial charge on any atom is 0.248 e. The average molecular weight is 443 g/mol. The Morgan fingerprint density at radius 2 is 1.03 bits per heavy atom. The fourth-order valence-electron chi connectivity index (χ4n) is 5.59. The summed E-state index contributed by atoms with van der Waals surface area (Å²) in [6.45, 7) is 0. The lowest BCUT2D eigenvalue weighted by atomic mass is 9.88. The maximum atomic E-state index is 13.2. The molecule has 6 heterocycles. The molecule has 0 spiro atoms. The zero-order chi connectivity index (χ0) is 20.9. The summed E-state index contributed by atoms with van der Waals surface area (Å²) in [5.74, 6) is -2.21. The predicted molar refractivity (Wildman–Crippen MR) is 108 cm³/mol. The molecule has 2 aromatic heterocycles. The molecule has 0 saturated carbocycles. The van der Waals surface area contributed by atoms with Gasteiger partial charge in [0.1, 0.15) is 12.1 Å². The van der Waals surface area contributed by atoms with E-state index in [9.17, 15) is 19.2 Å². The zero-order valence-corrected chi connectivity index (χ0v) is 17.8. The van der Waals surface area contributed by atoms with Crippen molar-refractivity contribution >= 4 is 46.3 Å². The Balaban J connectivity index is 1.59. The summed E-state index contributed by atoms with van der Waals surface area (Å²) < 4.78 is 0. The van der Waals surface area contributed by atoms with E-state index in [4.69, 9.17) is 0 Å². The van der Waals surface area contributed by atoms with Crippen LogP contribution in [-0.4, -0.2) is 69.6 Å². The van der Waals surface area contributed by atoms with E-state index >= 15 is 0 Å². The SMILES string of the molecule is CN1C(=O)[C@@H]2[C@@H](C1=O)N1[C@@H](c3cccs3)[C@@H]3C(=O)N(C)C(=O)[C@@H]3N1[C@@H]2c1cccs1. The first-order valence-electron chi connectivity index (χ1n) is 9.69. The van der Waals surface area contributed by atoms with E-state index in [1.165, 1.54) is 46.6 Å². The normalized spacial score (nSPS) is 36.2. The van der Waals surface area contributed by atoms with Gasteiger partial charge in [0, 0.05) is 23.8 Å². The van der Waals surface area contributed by atoms with E-state index in [2.05, 4.69) is 0 Å². The molecular weight excluding hydrogens is 424 g/mol. The molecule has 0 unspecified atom stereocenters. The van der Waals surface area contributed by atoms with Crippen LogP contribution >= 0.6 is 22.7 Å². The van der Waals surface area contributed by atoms with E-state index in [-0.39, 0.29) is 23.6 Å². The van der Waals surface area contributed by atoms with Crippen molar-refractivity contribution in [2.75, 3.05) is 14.1 Å². The Hall–Kier alpha value is -2.40. The molecule has 0 N–H and O–H groups in total. The summed E-state index contributed by atoms with van der Waals surface area (Å²) in [6, 6.07) is 5.36. The molecule has 4 fully saturated rings. The van der Waals surface area contributed by atoms with E-state index in [1.54, 1.807) is 0 Å². The molecule has 0 radical (unpaired) electrons. The number of hydrazine groups is 1. The van der Waals surface area contributed by atoms with E-state index in [1.807, 2.05) is 45.0 Å². The van der Waals surface area contributed by atoms with Crippen LogP contribution in [-0.2, 0) is 19.2 Å². The monoisotopic (exact) mass is 442 g/mol. The molecule has 0 bridgehead atoms. The van der Waals surface area contributed by atoms with Crippen LogP contribution in [0.5, 0.6) is 0 Å². The van der Waals surface area contributed by atoms with Gasteiger partial charge in [0.25, 0.3) is 0 Å². The smallest absolute Gasteiger partial charge is 0.248 e. The first-order valence-corrected chi connectivity index (χ1v) is 11.5. The number of nitrogens with zero attached hydrogens (tertiary/aromatic N) is 4. The highest BCUT2D eigenvalue weighted by molar-refractivity contribution is 7.10. The van der Waals surface area contributed by atoms with E-state index in [0.717, 1.165) is 9.75 Å². The minimum absolute atomic E-state index is 0.232. The Bertz CT molecular complexity index is 998. The first kappa shape index (κ1) is 18.4. The summed E-state index contributed by atoms with van der Waals surface area (Å²) >= 11 is 3.00. The lowest BCUT2D eigenvalue weighted by Gasteiger charge is -2.34. The predicted octanol–water partition coefficient (Wildman–Crippen LogP) is 1.10. The Morgan fingerprint density at radius 1 is 0.633 bits per heavy atom. The van der Waals surface area contributed by atoms with Gasteiger partial charge >= 0.3 is 0 Å². The molecule has 10 heteroatoms. The summed E-state index contributed by atoms with van der Waals surface area (Å²) in [5, 5.41) is 7.64. The fraction of sp³-hybridized carbons (Fsp3) is 0.400. The van der Waals surface area contributed by atoms with Crippen molar-refractivity contribution in [3.8, 4) is 0 Å². The van der Waals surface area contributed by atoms with Gasteiger partial charge < -0.3 is 0 Å². The topological polar surface area (TPSA) is 81.2 Å². The Morgan fingerprint density at radius 3 is 1.37 bits per heavy atom. The third-order valence-corrected chi connectivity index (χ3v) is 8.72. The standard InChI is InChI=1S/C20H18N4O4S2/c1-21-17(25)11-13(9-5-3-7-29-9)24-16-12(18(26)22(2)20(16)28)14(10-6-4-8-30-10)23(24)15(11)19(21)27/h3-8,11-16H,1-2H3/t11-,12-,13-,14+,15+,16-/m0/s1. The number of carbonyl (C=O) groups excluding carboxylic acids is 4. The van der Waals surface area contributed by atoms with Crippen molar-refractivity contribution in [2.45, 2.75) is 24.2 Å². The number of hydrogen-bond acceptors (Lipinski definition) is 8. The quantitative estimate of drug-likeness (QED) is 0.648. The molecule has 154 valence electrons. The number of likely N-dealkylation sites (N-methyl/N-ethyl adjacent to an activating group) is 2. The van der Waals surface area contributed by atoms with Crippen LogP contribution < -0.4 is 0 Å². The number of thiophene rings is 2. The molecule has 4 aliphatic rings. The molecule has 0 aliphatic carbocycles. The maximum absolute atomic E-state index is 13.2. The zero-order valence-electron chi connectivity index (χ0n) is 16.2. The molecular formula is C20H18N4O4S2. The number of amides is 4. The van der Waals surface area contributed by atoms with Crippen molar-refractivity contribution in [3.05, 3.63) is 44.8 Å². The number of rotatable bonds is 2. The summed E-state index contributed by atoms with van der Waals surface area (Å²) in [5.41, 5.74) is 0. The molecule has 2 aromatic rings. The number of imide groups is 2. The van der Waals surface area contributed by atoms with Gasteiger partial charge in [0.2, 0.25) is 23.6 Å². The second-order valence-corrected chi connectivity index (χ2v) is 10.1. The third kappa shape index (κ3) is 2.02. The molecule has 0 aromatic carbocycles. The summed E-state index contributed by atoms with van der Waals surface area (Å²) in [4.78, 5) is 56.8. The van der Waals surface area contributed by atoms with Gasteiger partial charge in [-0.3, -0.25) is 29.0 Å². The average Bonchev–Trinajstić information content (AvgIpc) is 3.54. The molecule has 4 amide bonds. The van der Waals surface area contributed by atoms with Crippen molar-refractivity contribution in [3.63, 3.8) is 0 Å². The van der Waals surface area contributed by atoms with Crippen LogP contribution in [0.2, 0.25) is 0 Å². The molecule has 6 rings (SSSR count). The van der Waals surface area contributed by atoms with Crippen molar-refractivity contribution in [2.24, 2.45) is 11.8 Å². The van der Waals surface area contributed by atoms with Crippen LogP contribution in [0.1, 0.15) is 21.8 Å². The van der Waals surface area contributed by atoms with Gasteiger partial charge in [-0.2, -0.15) is 0 Å². The second kappa shape index (κ2) is 6.07. The van der Waals surface area contributed by atoms with Gasteiger partial charge in [-0.1, -0.05) is 12.1 Å². The van der Waals surface area contributed by atoms with Gasteiger partial charge in [-0.05, 0) is 22.9 Å². The van der Waals surface area contributed by atoms with Crippen molar-refractivity contribution < 1.29 is 19.2 Å². The molecule has 4 saturated heterocycles. The number of likely N-dealkylation sites (tertiary alicyclic amines) is 2. The third-order valence-electron chi connectivity index (χ3n) is 6.84. The minimum Gasteiger partial charge on any atom is -0.284 e. The Kier molecular flexibility index (Phi) is 3.72. The van der Waals surface area contributed by atoms with Crippen LogP contribution in [0.15, 0.2) is 35.0 Å². The highest BCUT2D eigenvalue weighted by Crippen LogP contribution is 2.59.